The molecule has 1 fully saturated rings. The van der Waals surface area contributed by atoms with Crippen molar-refractivity contribution in [3.63, 3.8) is 0 Å². The maximum absolute atomic E-state index is 11.7. The quantitative estimate of drug-likeness (QED) is 0.839. The zero-order valence-electron chi connectivity index (χ0n) is 11.5. The first-order valence-corrected chi connectivity index (χ1v) is 6.93. The molecule has 102 valence electrons. The topological polar surface area (TPSA) is 32.3 Å². The summed E-state index contributed by atoms with van der Waals surface area (Å²) in [7, 11) is 2.15. The second-order valence-corrected chi connectivity index (χ2v) is 5.24. The van der Waals surface area contributed by atoms with Gasteiger partial charge in [0.1, 0.15) is 0 Å². The van der Waals surface area contributed by atoms with E-state index < -0.39 is 0 Å². The van der Waals surface area contributed by atoms with Crippen LogP contribution in [0.3, 0.4) is 0 Å². The average Bonchev–Trinajstić information content (AvgIpc) is 2.45. The minimum absolute atomic E-state index is 0.00258. The summed E-state index contributed by atoms with van der Waals surface area (Å²) in [5.41, 5.74) is 1.05. The molecule has 0 atom stereocenters. The van der Waals surface area contributed by atoms with Gasteiger partial charge in [0.2, 0.25) is 5.91 Å². The highest BCUT2D eigenvalue weighted by Crippen LogP contribution is 2.14. The summed E-state index contributed by atoms with van der Waals surface area (Å²) in [6.45, 7) is 3.08. The van der Waals surface area contributed by atoms with Gasteiger partial charge in [0.05, 0.1) is 0 Å². The Morgan fingerprint density at radius 2 is 2.00 bits per heavy atom. The molecule has 1 aliphatic rings. The largest absolute Gasteiger partial charge is 0.352 e. The summed E-state index contributed by atoms with van der Waals surface area (Å²) >= 11 is 0. The van der Waals surface area contributed by atoms with Gasteiger partial charge >= 0.3 is 0 Å². The van der Waals surface area contributed by atoms with Crippen LogP contribution in [0, 0.1) is 5.92 Å². The predicted octanol–water partition coefficient (Wildman–Crippen LogP) is 2.16. The van der Waals surface area contributed by atoms with Crippen LogP contribution in [-0.4, -0.2) is 37.5 Å². The molecule has 1 heterocycles. The molecule has 1 aromatic rings. The molecule has 1 N–H and O–H groups in total. The summed E-state index contributed by atoms with van der Waals surface area (Å²) in [4.78, 5) is 14.1. The molecule has 0 aromatic heterocycles. The summed E-state index contributed by atoms with van der Waals surface area (Å²) in [5, 5.41) is 2.99. The maximum Gasteiger partial charge on any atom is 0.244 e. The summed E-state index contributed by atoms with van der Waals surface area (Å²) in [6, 6.07) is 9.88. The fraction of sp³-hybridized carbons (Fsp3) is 0.438. The molecule has 3 nitrogen and oxygen atoms in total. The van der Waals surface area contributed by atoms with Gasteiger partial charge in [-0.2, -0.15) is 0 Å². The van der Waals surface area contributed by atoms with Crippen molar-refractivity contribution >= 4 is 12.0 Å². The molecular weight excluding hydrogens is 236 g/mol. The van der Waals surface area contributed by atoms with E-state index in [1.54, 1.807) is 6.08 Å². The van der Waals surface area contributed by atoms with Crippen LogP contribution in [0.4, 0.5) is 0 Å². The number of hydrogen-bond donors (Lipinski definition) is 1. The number of likely N-dealkylation sites (tertiary alicyclic amines) is 1. The van der Waals surface area contributed by atoms with Gasteiger partial charge < -0.3 is 10.2 Å². The van der Waals surface area contributed by atoms with Crippen molar-refractivity contribution in [1.29, 1.82) is 0 Å². The Balaban J connectivity index is 1.71. The zero-order chi connectivity index (χ0) is 13.5. The van der Waals surface area contributed by atoms with Gasteiger partial charge in [-0.3, -0.25) is 4.79 Å². The van der Waals surface area contributed by atoms with Crippen LogP contribution < -0.4 is 5.32 Å². The first-order valence-electron chi connectivity index (χ1n) is 6.93. The number of carbonyl (C=O) groups excluding carboxylic acids is 1. The fourth-order valence-electron chi connectivity index (χ4n) is 2.31. The van der Waals surface area contributed by atoms with Crippen molar-refractivity contribution in [3.8, 4) is 0 Å². The lowest BCUT2D eigenvalue weighted by atomic mass is 9.97. The second kappa shape index (κ2) is 7.10. The van der Waals surface area contributed by atoms with Gasteiger partial charge in [-0.25, -0.2) is 0 Å². The number of hydrogen-bond acceptors (Lipinski definition) is 2. The van der Waals surface area contributed by atoms with Crippen LogP contribution in [0.25, 0.3) is 6.08 Å². The Hall–Kier alpha value is -1.61. The fourth-order valence-corrected chi connectivity index (χ4v) is 2.31. The van der Waals surface area contributed by atoms with Crippen LogP contribution in [0.5, 0.6) is 0 Å². The minimum atomic E-state index is 0.00258. The summed E-state index contributed by atoms with van der Waals surface area (Å²) in [6.07, 6.45) is 5.83. The van der Waals surface area contributed by atoms with Crippen molar-refractivity contribution in [1.82, 2.24) is 10.2 Å². The van der Waals surface area contributed by atoms with Crippen LogP contribution in [0.1, 0.15) is 18.4 Å². The third kappa shape index (κ3) is 4.87. The van der Waals surface area contributed by atoms with E-state index in [0.717, 1.165) is 25.2 Å². The van der Waals surface area contributed by atoms with E-state index in [9.17, 15) is 4.79 Å². The first kappa shape index (κ1) is 13.8. The Morgan fingerprint density at radius 1 is 1.32 bits per heavy atom. The number of nitrogens with zero attached hydrogens (tertiary/aromatic N) is 1. The molecule has 1 aromatic carbocycles. The summed E-state index contributed by atoms with van der Waals surface area (Å²) < 4.78 is 0. The molecule has 1 aliphatic heterocycles. The van der Waals surface area contributed by atoms with Crippen LogP contribution in [0.2, 0.25) is 0 Å². The van der Waals surface area contributed by atoms with Crippen molar-refractivity contribution in [2.45, 2.75) is 12.8 Å². The number of piperidine rings is 1. The van der Waals surface area contributed by atoms with Crippen molar-refractivity contribution in [2.24, 2.45) is 5.92 Å². The van der Waals surface area contributed by atoms with Crippen molar-refractivity contribution in [3.05, 3.63) is 42.0 Å². The molecule has 3 heteroatoms. The Kier molecular flexibility index (Phi) is 5.16. The lowest BCUT2D eigenvalue weighted by Gasteiger charge is -2.28. The van der Waals surface area contributed by atoms with E-state index in [2.05, 4.69) is 17.3 Å². The Bertz CT molecular complexity index is 420. The number of carbonyl (C=O) groups is 1. The number of rotatable bonds is 4. The lowest BCUT2D eigenvalue weighted by molar-refractivity contribution is -0.116. The van der Waals surface area contributed by atoms with E-state index in [1.807, 2.05) is 36.4 Å². The zero-order valence-corrected chi connectivity index (χ0v) is 11.5. The standard InChI is InChI=1S/C16H22N2O/c1-18-11-9-15(10-12-18)13-17-16(19)8-7-14-5-3-2-4-6-14/h2-8,15H,9-13H2,1H3,(H,17,19)/b8-7+. The van der Waals surface area contributed by atoms with Crippen molar-refractivity contribution in [2.75, 3.05) is 26.7 Å². The number of amides is 1. The molecule has 2 rings (SSSR count). The van der Waals surface area contributed by atoms with Gasteiger partial charge in [0.15, 0.2) is 0 Å². The van der Waals surface area contributed by atoms with E-state index in [1.165, 1.54) is 12.8 Å². The minimum Gasteiger partial charge on any atom is -0.352 e. The van der Waals surface area contributed by atoms with E-state index in [-0.39, 0.29) is 5.91 Å². The van der Waals surface area contributed by atoms with Crippen LogP contribution in [0.15, 0.2) is 36.4 Å². The van der Waals surface area contributed by atoms with Gasteiger partial charge in [0, 0.05) is 12.6 Å². The average molecular weight is 258 g/mol. The van der Waals surface area contributed by atoms with Crippen LogP contribution in [-0.2, 0) is 4.79 Å². The predicted molar refractivity (Wildman–Crippen MR) is 78.7 cm³/mol. The van der Waals surface area contributed by atoms with Gasteiger partial charge in [-0.15, -0.1) is 0 Å². The molecule has 1 amide bonds. The lowest BCUT2D eigenvalue weighted by Crippen LogP contribution is -2.36. The normalized spacial score (nSPS) is 17.7. The number of nitrogens with one attached hydrogen (secondary N) is 1. The van der Waals surface area contributed by atoms with Gasteiger partial charge in [0.25, 0.3) is 0 Å². The van der Waals surface area contributed by atoms with Crippen molar-refractivity contribution < 1.29 is 4.79 Å². The second-order valence-electron chi connectivity index (χ2n) is 5.24. The number of benzene rings is 1. The third-order valence-electron chi connectivity index (χ3n) is 3.63. The molecular formula is C16H22N2O. The third-order valence-corrected chi connectivity index (χ3v) is 3.63. The van der Waals surface area contributed by atoms with E-state index >= 15 is 0 Å². The summed E-state index contributed by atoms with van der Waals surface area (Å²) in [5.74, 6) is 0.632. The molecule has 19 heavy (non-hydrogen) atoms. The highest BCUT2D eigenvalue weighted by atomic mass is 16.1. The highest BCUT2D eigenvalue weighted by molar-refractivity contribution is 5.91. The molecule has 0 aliphatic carbocycles. The Morgan fingerprint density at radius 3 is 2.68 bits per heavy atom. The SMILES string of the molecule is CN1CCC(CNC(=O)/C=C/c2ccccc2)CC1. The molecule has 0 spiro atoms. The van der Waals surface area contributed by atoms with Gasteiger partial charge in [-0.05, 0) is 50.5 Å². The van der Waals surface area contributed by atoms with Crippen LogP contribution >= 0.6 is 0 Å². The van der Waals surface area contributed by atoms with E-state index in [0.29, 0.717) is 5.92 Å². The van der Waals surface area contributed by atoms with Gasteiger partial charge in [-0.1, -0.05) is 30.3 Å². The molecule has 1 saturated heterocycles. The molecule has 0 saturated carbocycles. The maximum atomic E-state index is 11.7. The first-order chi connectivity index (χ1) is 9.24. The highest BCUT2D eigenvalue weighted by Gasteiger charge is 2.16. The monoisotopic (exact) mass is 258 g/mol. The Labute approximate surface area is 115 Å². The molecule has 0 bridgehead atoms. The molecule has 0 radical (unpaired) electrons. The smallest absolute Gasteiger partial charge is 0.244 e. The van der Waals surface area contributed by atoms with E-state index in [4.69, 9.17) is 0 Å². The molecule has 0 unspecified atom stereocenters.